The summed E-state index contributed by atoms with van der Waals surface area (Å²) in [5, 5.41) is 0. The first-order valence-corrected chi connectivity index (χ1v) is 9.93. The minimum absolute atomic E-state index is 0.0664. The molecule has 0 aliphatic carbocycles. The predicted molar refractivity (Wildman–Crippen MR) is 92.9 cm³/mol. The summed E-state index contributed by atoms with van der Waals surface area (Å²) in [6.45, 7) is 2.18. The van der Waals surface area contributed by atoms with Crippen LogP contribution in [0.5, 0.6) is 5.88 Å². The van der Waals surface area contributed by atoms with Crippen molar-refractivity contribution in [3.05, 3.63) is 53.7 Å². The molecule has 1 aromatic heterocycles. The van der Waals surface area contributed by atoms with Gasteiger partial charge in [-0.25, -0.2) is 13.4 Å². The summed E-state index contributed by atoms with van der Waals surface area (Å²) in [5.41, 5.74) is 0.209. The number of alkyl halides is 3. The third-order valence-corrected chi connectivity index (χ3v) is 6.11. The fraction of sp³-hybridized carbons (Fsp3) is 0.389. The summed E-state index contributed by atoms with van der Waals surface area (Å²) >= 11 is 0. The van der Waals surface area contributed by atoms with Crippen LogP contribution in [-0.4, -0.2) is 36.9 Å². The normalized spacial score (nSPS) is 16.1. The van der Waals surface area contributed by atoms with E-state index in [0.717, 1.165) is 36.7 Å². The molecule has 2 heterocycles. The lowest BCUT2D eigenvalue weighted by Crippen LogP contribution is -2.56. The van der Waals surface area contributed by atoms with Crippen LogP contribution in [-0.2, 0) is 22.6 Å². The molecule has 1 saturated heterocycles. The lowest BCUT2D eigenvalue weighted by atomic mass is 10.1. The number of halogens is 3. The van der Waals surface area contributed by atoms with E-state index in [4.69, 9.17) is 4.74 Å². The van der Waals surface area contributed by atoms with Gasteiger partial charge in [-0.2, -0.15) is 17.5 Å². The number of hydrogen-bond donors (Lipinski definition) is 0. The van der Waals surface area contributed by atoms with Crippen molar-refractivity contribution in [2.75, 3.05) is 13.1 Å². The van der Waals surface area contributed by atoms with Crippen LogP contribution in [0.3, 0.4) is 0 Å². The maximum absolute atomic E-state index is 12.7. The fourth-order valence-corrected chi connectivity index (χ4v) is 4.26. The number of rotatable bonds is 6. The topological polar surface area (TPSA) is 59.5 Å². The number of ether oxygens (including phenoxy) is 1. The van der Waals surface area contributed by atoms with E-state index >= 15 is 0 Å². The van der Waals surface area contributed by atoms with Crippen LogP contribution in [0.15, 0.2) is 47.5 Å². The maximum Gasteiger partial charge on any atom is 0.416 e. The summed E-state index contributed by atoms with van der Waals surface area (Å²) in [6, 6.07) is 8.38. The Morgan fingerprint density at radius 1 is 1.19 bits per heavy atom. The average Bonchev–Trinajstić information content (AvgIpc) is 2.58. The Bertz CT molecular complexity index is 893. The second kappa shape index (κ2) is 7.47. The summed E-state index contributed by atoms with van der Waals surface area (Å²) in [5.74, 6) is -0.171. The van der Waals surface area contributed by atoms with Crippen LogP contribution in [0.1, 0.15) is 24.5 Å². The third-order valence-electron chi connectivity index (χ3n) is 4.26. The highest BCUT2D eigenvalue weighted by Crippen LogP contribution is 2.31. The van der Waals surface area contributed by atoms with Gasteiger partial charge in [0.15, 0.2) is 0 Å². The van der Waals surface area contributed by atoms with E-state index in [2.05, 4.69) is 4.98 Å². The number of hydrogen-bond acceptors (Lipinski definition) is 4. The van der Waals surface area contributed by atoms with E-state index in [-0.39, 0.29) is 23.9 Å². The Balaban J connectivity index is 1.62. The molecule has 1 aliphatic rings. The molecule has 0 spiro atoms. The number of pyridine rings is 1. The van der Waals surface area contributed by atoms with Crippen LogP contribution < -0.4 is 4.74 Å². The highest BCUT2D eigenvalue weighted by atomic mass is 32.2. The first kappa shape index (κ1) is 19.6. The Hall–Kier alpha value is -2.13. The van der Waals surface area contributed by atoms with Crippen LogP contribution in [0.4, 0.5) is 13.2 Å². The molecule has 9 heteroatoms. The molecule has 0 saturated carbocycles. The van der Waals surface area contributed by atoms with Gasteiger partial charge in [-0.1, -0.05) is 25.5 Å². The molecule has 0 bridgehead atoms. The summed E-state index contributed by atoms with van der Waals surface area (Å²) < 4.78 is 69.9. The molecule has 1 fully saturated rings. The highest BCUT2D eigenvalue weighted by molar-refractivity contribution is 7.89. The summed E-state index contributed by atoms with van der Waals surface area (Å²) in [6.07, 6.45) is -2.15. The fourth-order valence-electron chi connectivity index (χ4n) is 2.76. The van der Waals surface area contributed by atoms with E-state index in [9.17, 15) is 21.6 Å². The molecule has 0 N–H and O–H groups in total. The highest BCUT2D eigenvalue weighted by Gasteiger charge is 2.39. The zero-order valence-corrected chi connectivity index (χ0v) is 15.4. The van der Waals surface area contributed by atoms with E-state index in [1.165, 1.54) is 4.31 Å². The molecular formula is C18H19F3N2O3S. The van der Waals surface area contributed by atoms with Gasteiger partial charge in [-0.05, 0) is 30.2 Å². The first-order valence-electron chi connectivity index (χ1n) is 8.49. The molecule has 1 aliphatic heterocycles. The van der Waals surface area contributed by atoms with Crippen molar-refractivity contribution in [1.29, 1.82) is 0 Å². The number of aromatic nitrogens is 1. The van der Waals surface area contributed by atoms with Crippen LogP contribution >= 0.6 is 0 Å². The SMILES string of the molecule is CCCc1ccc(S(=O)(=O)N2CC(Oc3cc(C(F)(F)F)ccn3)C2)cc1. The lowest BCUT2D eigenvalue weighted by Gasteiger charge is -2.37. The Morgan fingerprint density at radius 2 is 1.85 bits per heavy atom. The van der Waals surface area contributed by atoms with E-state index in [1.807, 2.05) is 6.92 Å². The minimum Gasteiger partial charge on any atom is -0.472 e. The first-order chi connectivity index (χ1) is 12.7. The smallest absolute Gasteiger partial charge is 0.416 e. The largest absolute Gasteiger partial charge is 0.472 e. The number of nitrogens with zero attached hydrogens (tertiary/aromatic N) is 2. The average molecular weight is 400 g/mol. The molecule has 0 amide bonds. The van der Waals surface area contributed by atoms with Crippen molar-refractivity contribution in [1.82, 2.24) is 9.29 Å². The predicted octanol–water partition coefficient (Wildman–Crippen LogP) is 3.50. The Kier molecular flexibility index (Phi) is 5.43. The lowest BCUT2D eigenvalue weighted by molar-refractivity contribution is -0.137. The van der Waals surface area contributed by atoms with Gasteiger partial charge >= 0.3 is 6.18 Å². The molecule has 2 aromatic rings. The van der Waals surface area contributed by atoms with Crippen LogP contribution in [0.2, 0.25) is 0 Å². The standard InChI is InChI=1S/C18H19F3N2O3S/c1-2-3-13-4-6-16(7-5-13)27(24,25)23-11-15(12-23)26-17-10-14(8-9-22-17)18(19,20)21/h4-10,15H,2-3,11-12H2,1H3. The van der Waals surface area contributed by atoms with Gasteiger partial charge in [0, 0.05) is 12.3 Å². The van der Waals surface area contributed by atoms with Crippen LogP contribution in [0, 0.1) is 0 Å². The number of benzene rings is 1. The quantitative estimate of drug-likeness (QED) is 0.745. The van der Waals surface area contributed by atoms with Crippen molar-refractivity contribution in [2.24, 2.45) is 0 Å². The molecule has 1 aromatic carbocycles. The monoisotopic (exact) mass is 400 g/mol. The number of aryl methyl sites for hydroxylation is 1. The van der Waals surface area contributed by atoms with E-state index in [1.54, 1.807) is 24.3 Å². The zero-order chi connectivity index (χ0) is 19.7. The third kappa shape index (κ3) is 4.41. The van der Waals surface area contributed by atoms with Crippen LogP contribution in [0.25, 0.3) is 0 Å². The minimum atomic E-state index is -4.49. The van der Waals surface area contributed by atoms with Crippen molar-refractivity contribution in [3.63, 3.8) is 0 Å². The second-order valence-corrected chi connectivity index (χ2v) is 8.27. The molecule has 146 valence electrons. The van der Waals surface area contributed by atoms with Crippen molar-refractivity contribution >= 4 is 10.0 Å². The van der Waals surface area contributed by atoms with Crippen molar-refractivity contribution in [2.45, 2.75) is 36.9 Å². The van der Waals surface area contributed by atoms with E-state index in [0.29, 0.717) is 0 Å². The zero-order valence-electron chi connectivity index (χ0n) is 14.6. The maximum atomic E-state index is 12.7. The van der Waals surface area contributed by atoms with Gasteiger partial charge in [0.2, 0.25) is 15.9 Å². The summed E-state index contributed by atoms with van der Waals surface area (Å²) in [7, 11) is -3.64. The molecule has 3 rings (SSSR count). The van der Waals surface area contributed by atoms with Gasteiger partial charge < -0.3 is 4.74 Å². The Labute approximate surface area is 155 Å². The van der Waals surface area contributed by atoms with Gasteiger partial charge in [0.05, 0.1) is 23.5 Å². The summed E-state index contributed by atoms with van der Waals surface area (Å²) in [4.78, 5) is 3.95. The Morgan fingerprint density at radius 3 is 2.44 bits per heavy atom. The number of sulfonamides is 1. The second-order valence-electron chi connectivity index (χ2n) is 6.34. The molecule has 0 atom stereocenters. The molecule has 5 nitrogen and oxygen atoms in total. The molecule has 0 radical (unpaired) electrons. The van der Waals surface area contributed by atoms with Gasteiger partial charge in [-0.3, -0.25) is 0 Å². The van der Waals surface area contributed by atoms with Gasteiger partial charge in [0.25, 0.3) is 0 Å². The van der Waals surface area contributed by atoms with Crippen molar-refractivity contribution in [3.8, 4) is 5.88 Å². The molecule has 27 heavy (non-hydrogen) atoms. The van der Waals surface area contributed by atoms with Crippen molar-refractivity contribution < 1.29 is 26.3 Å². The molecular weight excluding hydrogens is 381 g/mol. The van der Waals surface area contributed by atoms with Gasteiger partial charge in [-0.15, -0.1) is 0 Å². The van der Waals surface area contributed by atoms with Gasteiger partial charge in [0.1, 0.15) is 6.10 Å². The molecule has 0 unspecified atom stereocenters. The van der Waals surface area contributed by atoms with E-state index < -0.39 is 27.9 Å².